The Kier molecular flexibility index (Phi) is 4.21. The maximum Gasteiger partial charge on any atom is 0.348 e. The van der Waals surface area contributed by atoms with Gasteiger partial charge in [-0.2, -0.15) is 10.2 Å². The number of aromatic nitrogens is 6. The molecule has 0 spiro atoms. The Bertz CT molecular complexity index is 1300. The van der Waals surface area contributed by atoms with Crippen molar-refractivity contribution in [2.75, 3.05) is 0 Å². The van der Waals surface area contributed by atoms with Gasteiger partial charge in [-0.3, -0.25) is 0 Å². The average Bonchev–Trinajstić information content (AvgIpc) is 3.38. The van der Waals surface area contributed by atoms with Crippen molar-refractivity contribution in [3.8, 4) is 34.2 Å². The summed E-state index contributed by atoms with van der Waals surface area (Å²) in [5.41, 5.74) is 2.33. The third-order valence-electron chi connectivity index (χ3n) is 4.77. The van der Waals surface area contributed by atoms with Crippen molar-refractivity contribution < 1.29 is 0 Å². The van der Waals surface area contributed by atoms with Gasteiger partial charge in [-0.15, -0.1) is 0 Å². The number of H-pyrrole nitrogens is 2. The quantitative estimate of drug-likeness (QED) is 0.488. The maximum atomic E-state index is 12.3. The molecule has 8 heteroatoms. The van der Waals surface area contributed by atoms with Crippen LogP contribution < -0.4 is 11.4 Å². The molecule has 0 atom stereocenters. The predicted octanol–water partition coefficient (Wildman–Crippen LogP) is 2.77. The molecule has 0 aliphatic rings. The first-order chi connectivity index (χ1) is 14.7. The van der Waals surface area contributed by atoms with Crippen molar-refractivity contribution in [2.24, 2.45) is 0 Å². The molecule has 0 radical (unpaired) electrons. The van der Waals surface area contributed by atoms with Crippen molar-refractivity contribution in [3.05, 3.63) is 106 Å². The summed E-state index contributed by atoms with van der Waals surface area (Å²) in [5.74, 6) is 1.00. The van der Waals surface area contributed by atoms with Gasteiger partial charge in [-0.25, -0.2) is 28.9 Å². The monoisotopic (exact) mass is 396 g/mol. The Balaban J connectivity index is 1.57. The van der Waals surface area contributed by atoms with E-state index in [2.05, 4.69) is 20.4 Å². The van der Waals surface area contributed by atoms with Gasteiger partial charge in [0.1, 0.15) is 0 Å². The molecule has 0 saturated heterocycles. The van der Waals surface area contributed by atoms with Crippen LogP contribution in [0.2, 0.25) is 0 Å². The SMILES string of the molecule is O=c1[nH]nc(-c2ccc(-c3n[nH]c(=O)n3-c3ccccc3)cc2)n1-c1ccccc1. The number of hydrogen-bond acceptors (Lipinski definition) is 4. The molecule has 5 aromatic rings. The molecule has 2 N–H and O–H groups in total. The van der Waals surface area contributed by atoms with E-state index in [1.54, 1.807) is 0 Å². The minimum Gasteiger partial charge on any atom is -0.246 e. The number of para-hydroxylation sites is 2. The molecule has 0 aliphatic heterocycles. The van der Waals surface area contributed by atoms with Gasteiger partial charge in [-0.1, -0.05) is 60.7 Å². The van der Waals surface area contributed by atoms with Crippen molar-refractivity contribution >= 4 is 0 Å². The second kappa shape index (κ2) is 7.17. The first kappa shape index (κ1) is 17.6. The lowest BCUT2D eigenvalue weighted by Crippen LogP contribution is -2.15. The zero-order valence-corrected chi connectivity index (χ0v) is 15.7. The van der Waals surface area contributed by atoms with Crippen molar-refractivity contribution in [1.29, 1.82) is 0 Å². The summed E-state index contributed by atoms with van der Waals surface area (Å²) in [6.07, 6.45) is 0. The Hall–Kier alpha value is -4.46. The predicted molar refractivity (Wildman–Crippen MR) is 113 cm³/mol. The van der Waals surface area contributed by atoms with Gasteiger partial charge in [-0.05, 0) is 24.3 Å². The van der Waals surface area contributed by atoms with Crippen LogP contribution >= 0.6 is 0 Å². The van der Waals surface area contributed by atoms with E-state index in [0.29, 0.717) is 11.6 Å². The van der Waals surface area contributed by atoms with Crippen LogP contribution in [0.25, 0.3) is 34.2 Å². The van der Waals surface area contributed by atoms with Gasteiger partial charge in [0.15, 0.2) is 11.6 Å². The Morgan fingerprint density at radius 1 is 0.533 bits per heavy atom. The molecule has 5 rings (SSSR count). The van der Waals surface area contributed by atoms with Gasteiger partial charge < -0.3 is 0 Å². The number of aromatic amines is 2. The first-order valence-corrected chi connectivity index (χ1v) is 9.29. The van der Waals surface area contributed by atoms with E-state index in [0.717, 1.165) is 22.5 Å². The van der Waals surface area contributed by atoms with Crippen LogP contribution in [0, 0.1) is 0 Å². The zero-order valence-electron chi connectivity index (χ0n) is 15.7. The van der Waals surface area contributed by atoms with Crippen molar-refractivity contribution in [1.82, 2.24) is 29.5 Å². The smallest absolute Gasteiger partial charge is 0.246 e. The number of hydrogen-bond donors (Lipinski definition) is 2. The summed E-state index contributed by atoms with van der Waals surface area (Å²) in [7, 11) is 0. The minimum atomic E-state index is -0.314. The highest BCUT2D eigenvalue weighted by molar-refractivity contribution is 5.65. The molecular formula is C22H16N6O2. The van der Waals surface area contributed by atoms with E-state index in [-0.39, 0.29) is 11.4 Å². The van der Waals surface area contributed by atoms with Crippen molar-refractivity contribution in [2.45, 2.75) is 0 Å². The Labute approximate surface area is 170 Å². The molecule has 0 amide bonds. The largest absolute Gasteiger partial charge is 0.348 e. The molecule has 0 saturated carbocycles. The van der Waals surface area contributed by atoms with E-state index < -0.39 is 0 Å². The Morgan fingerprint density at radius 3 is 1.27 bits per heavy atom. The van der Waals surface area contributed by atoms with E-state index in [4.69, 9.17) is 0 Å². The maximum absolute atomic E-state index is 12.3. The second-order valence-corrected chi connectivity index (χ2v) is 6.62. The van der Waals surface area contributed by atoms with E-state index in [1.165, 1.54) is 9.13 Å². The van der Waals surface area contributed by atoms with Gasteiger partial charge in [0.2, 0.25) is 0 Å². The fourth-order valence-electron chi connectivity index (χ4n) is 3.38. The Morgan fingerprint density at radius 2 is 0.900 bits per heavy atom. The van der Waals surface area contributed by atoms with Crippen LogP contribution in [-0.4, -0.2) is 29.5 Å². The van der Waals surface area contributed by atoms with Gasteiger partial charge >= 0.3 is 11.4 Å². The van der Waals surface area contributed by atoms with E-state index in [1.807, 2.05) is 84.9 Å². The molecule has 2 heterocycles. The fraction of sp³-hybridized carbons (Fsp3) is 0. The van der Waals surface area contributed by atoms with Crippen LogP contribution in [0.15, 0.2) is 94.5 Å². The van der Waals surface area contributed by atoms with Gasteiger partial charge in [0, 0.05) is 11.1 Å². The molecular weight excluding hydrogens is 380 g/mol. The van der Waals surface area contributed by atoms with Gasteiger partial charge in [0.05, 0.1) is 11.4 Å². The standard InChI is InChI=1S/C22H16N6O2/c29-21-25-23-19(27(21)17-7-3-1-4-8-17)15-11-13-16(14-12-15)20-24-26-22(30)28(20)18-9-5-2-6-10-18/h1-14H,(H,25,29)(H,26,30). The van der Waals surface area contributed by atoms with Crippen LogP contribution in [0.4, 0.5) is 0 Å². The number of nitrogens with zero attached hydrogens (tertiary/aromatic N) is 4. The number of rotatable bonds is 4. The molecule has 0 fully saturated rings. The highest BCUT2D eigenvalue weighted by atomic mass is 16.2. The lowest BCUT2D eigenvalue weighted by molar-refractivity contribution is 0.984. The molecule has 0 bridgehead atoms. The summed E-state index contributed by atoms with van der Waals surface area (Å²) < 4.78 is 3.03. The molecule has 0 unspecified atom stereocenters. The van der Waals surface area contributed by atoms with E-state index >= 15 is 0 Å². The molecule has 0 aliphatic carbocycles. The molecule has 30 heavy (non-hydrogen) atoms. The van der Waals surface area contributed by atoms with Crippen molar-refractivity contribution in [3.63, 3.8) is 0 Å². The summed E-state index contributed by atoms with van der Waals surface area (Å²) in [6, 6.07) is 26.0. The number of nitrogens with one attached hydrogen (secondary N) is 2. The highest BCUT2D eigenvalue weighted by Gasteiger charge is 2.15. The van der Waals surface area contributed by atoms with Crippen LogP contribution in [0.1, 0.15) is 0 Å². The molecule has 2 aromatic heterocycles. The van der Waals surface area contributed by atoms with Crippen LogP contribution in [0.3, 0.4) is 0 Å². The van der Waals surface area contributed by atoms with Gasteiger partial charge in [0.25, 0.3) is 0 Å². The second-order valence-electron chi connectivity index (χ2n) is 6.62. The normalized spacial score (nSPS) is 10.9. The minimum absolute atomic E-state index is 0.314. The summed E-state index contributed by atoms with van der Waals surface area (Å²) >= 11 is 0. The molecule has 146 valence electrons. The lowest BCUT2D eigenvalue weighted by Gasteiger charge is -2.08. The molecule has 3 aromatic carbocycles. The average molecular weight is 396 g/mol. The third-order valence-corrected chi connectivity index (χ3v) is 4.77. The summed E-state index contributed by atoms with van der Waals surface area (Å²) in [5, 5.41) is 13.4. The fourth-order valence-corrected chi connectivity index (χ4v) is 3.38. The van der Waals surface area contributed by atoms with Crippen LogP contribution in [-0.2, 0) is 0 Å². The topological polar surface area (TPSA) is 101 Å². The summed E-state index contributed by atoms with van der Waals surface area (Å²) in [6.45, 7) is 0. The first-order valence-electron chi connectivity index (χ1n) is 9.29. The lowest BCUT2D eigenvalue weighted by atomic mass is 10.1. The molecule has 8 nitrogen and oxygen atoms in total. The van der Waals surface area contributed by atoms with E-state index in [9.17, 15) is 9.59 Å². The zero-order chi connectivity index (χ0) is 20.5. The third kappa shape index (κ3) is 2.96. The number of benzene rings is 3. The highest BCUT2D eigenvalue weighted by Crippen LogP contribution is 2.24. The summed E-state index contributed by atoms with van der Waals surface area (Å²) in [4.78, 5) is 24.6. The van der Waals surface area contributed by atoms with Crippen LogP contribution in [0.5, 0.6) is 0 Å².